The molecule has 1 aliphatic carbocycles. The Balaban J connectivity index is 1.36. The van der Waals surface area contributed by atoms with E-state index in [4.69, 9.17) is 4.98 Å². The van der Waals surface area contributed by atoms with Crippen LogP contribution >= 0.6 is 0 Å². The fourth-order valence-corrected chi connectivity index (χ4v) is 5.83. The van der Waals surface area contributed by atoms with E-state index in [2.05, 4.69) is 42.7 Å². The lowest BCUT2D eigenvalue weighted by molar-refractivity contribution is 0.102. The minimum absolute atomic E-state index is 0.712. The van der Waals surface area contributed by atoms with Crippen LogP contribution < -0.4 is 0 Å². The molecule has 2 aliphatic heterocycles. The molecule has 0 amide bonds. The van der Waals surface area contributed by atoms with Crippen molar-refractivity contribution < 1.29 is 0 Å². The van der Waals surface area contributed by atoms with E-state index in [1.54, 1.807) is 0 Å². The van der Waals surface area contributed by atoms with Gasteiger partial charge in [0.2, 0.25) is 0 Å². The second kappa shape index (κ2) is 7.98. The van der Waals surface area contributed by atoms with Crippen molar-refractivity contribution in [2.45, 2.75) is 71.4 Å². The van der Waals surface area contributed by atoms with Crippen LogP contribution in [0.2, 0.25) is 0 Å². The molecular weight excluding hydrogens is 318 g/mol. The fourth-order valence-electron chi connectivity index (χ4n) is 5.83. The van der Waals surface area contributed by atoms with E-state index in [1.165, 1.54) is 76.0 Å². The van der Waals surface area contributed by atoms with Gasteiger partial charge in [0, 0.05) is 37.1 Å². The highest BCUT2D eigenvalue weighted by Crippen LogP contribution is 2.42. The van der Waals surface area contributed by atoms with Gasteiger partial charge in [0.15, 0.2) is 0 Å². The van der Waals surface area contributed by atoms with Crippen LogP contribution in [0.25, 0.3) is 0 Å². The molecule has 3 atom stereocenters. The molecule has 0 radical (unpaired) electrons. The van der Waals surface area contributed by atoms with Gasteiger partial charge < -0.3 is 4.90 Å². The number of likely N-dealkylation sites (tertiary alicyclic amines) is 2. The second-order valence-corrected chi connectivity index (χ2v) is 9.46. The zero-order valence-corrected chi connectivity index (χ0v) is 17.0. The normalized spacial score (nSPS) is 31.5. The summed E-state index contributed by atoms with van der Waals surface area (Å²) in [5.41, 5.74) is 2.58. The molecular formula is C23H37N3. The first-order valence-electron chi connectivity index (χ1n) is 11.0. The van der Waals surface area contributed by atoms with Gasteiger partial charge in [0.25, 0.3) is 0 Å². The van der Waals surface area contributed by atoms with Crippen LogP contribution in [-0.2, 0) is 6.42 Å². The van der Waals surface area contributed by atoms with Gasteiger partial charge in [-0.15, -0.1) is 0 Å². The number of hydrogen-bond acceptors (Lipinski definition) is 3. The topological polar surface area (TPSA) is 19.4 Å². The Hall–Kier alpha value is -0.930. The van der Waals surface area contributed by atoms with Gasteiger partial charge in [-0.05, 0) is 95.3 Å². The van der Waals surface area contributed by atoms with Crippen LogP contribution in [0.1, 0.15) is 57.2 Å². The first kappa shape index (κ1) is 18.4. The van der Waals surface area contributed by atoms with Crippen LogP contribution in [0, 0.1) is 24.7 Å². The number of aryl methyl sites for hydroxylation is 1. The van der Waals surface area contributed by atoms with Gasteiger partial charge in [0.05, 0.1) is 0 Å². The maximum absolute atomic E-state index is 4.70. The number of piperidine rings is 1. The molecule has 1 aromatic rings. The number of nitrogens with zero attached hydrogens (tertiary/aromatic N) is 3. The third-order valence-electron chi connectivity index (χ3n) is 7.46. The lowest BCUT2D eigenvalue weighted by Crippen LogP contribution is -2.46. The molecule has 3 aliphatic rings. The molecule has 0 aromatic carbocycles. The fraction of sp³-hybridized carbons (Fsp3) is 0.783. The summed E-state index contributed by atoms with van der Waals surface area (Å²) >= 11 is 0. The Bertz CT molecular complexity index is 574. The minimum atomic E-state index is 0.712. The highest BCUT2D eigenvalue weighted by molar-refractivity contribution is 5.13. The zero-order chi connectivity index (χ0) is 18.1. The van der Waals surface area contributed by atoms with Gasteiger partial charge in [-0.2, -0.15) is 0 Å². The van der Waals surface area contributed by atoms with Crippen molar-refractivity contribution in [3.05, 3.63) is 29.6 Å². The lowest BCUT2D eigenvalue weighted by atomic mass is 9.72. The molecule has 3 nitrogen and oxygen atoms in total. The van der Waals surface area contributed by atoms with E-state index in [0.29, 0.717) is 6.04 Å². The van der Waals surface area contributed by atoms with Crippen molar-refractivity contribution >= 4 is 0 Å². The standard InChI is InChI=1S/C23H37N3/c1-17(2)25-11-9-22(10-12-25)26-15-20-6-4-5-19(23(20)16-26)13-21-8-7-18(3)14-24-21/h7-8,14,17,19-20,22-23H,4-6,9-13,15-16H2,1-3H3/t19-,20-,23-/m1/s1. The van der Waals surface area contributed by atoms with E-state index in [1.807, 2.05) is 6.20 Å². The van der Waals surface area contributed by atoms with Gasteiger partial charge >= 0.3 is 0 Å². The molecule has 26 heavy (non-hydrogen) atoms. The Kier molecular flexibility index (Phi) is 5.66. The number of aromatic nitrogens is 1. The number of fused-ring (bicyclic) bond motifs is 1. The summed E-state index contributed by atoms with van der Waals surface area (Å²) in [4.78, 5) is 10.2. The highest BCUT2D eigenvalue weighted by atomic mass is 15.2. The average molecular weight is 356 g/mol. The quantitative estimate of drug-likeness (QED) is 0.809. The first-order valence-corrected chi connectivity index (χ1v) is 11.0. The Morgan fingerprint density at radius 3 is 2.58 bits per heavy atom. The van der Waals surface area contributed by atoms with Crippen LogP contribution in [0.4, 0.5) is 0 Å². The van der Waals surface area contributed by atoms with E-state index < -0.39 is 0 Å². The number of pyridine rings is 1. The molecule has 2 saturated heterocycles. The molecule has 0 bridgehead atoms. The summed E-state index contributed by atoms with van der Waals surface area (Å²) in [6.45, 7) is 12.1. The molecule has 144 valence electrons. The molecule has 0 spiro atoms. The monoisotopic (exact) mass is 355 g/mol. The molecule has 0 unspecified atom stereocenters. The van der Waals surface area contributed by atoms with Crippen molar-refractivity contribution in [1.29, 1.82) is 0 Å². The largest absolute Gasteiger partial charge is 0.301 e. The molecule has 1 aromatic heterocycles. The lowest BCUT2D eigenvalue weighted by Gasteiger charge is -2.38. The molecule has 3 heterocycles. The summed E-state index contributed by atoms with van der Waals surface area (Å²) in [6, 6.07) is 6.04. The van der Waals surface area contributed by atoms with E-state index in [0.717, 1.165) is 23.8 Å². The predicted molar refractivity (Wildman–Crippen MR) is 108 cm³/mol. The zero-order valence-electron chi connectivity index (χ0n) is 17.0. The van der Waals surface area contributed by atoms with Crippen molar-refractivity contribution in [2.75, 3.05) is 26.2 Å². The number of hydrogen-bond donors (Lipinski definition) is 0. The van der Waals surface area contributed by atoms with E-state index in [-0.39, 0.29) is 0 Å². The summed E-state index contributed by atoms with van der Waals surface area (Å²) in [5.74, 6) is 2.71. The Morgan fingerprint density at radius 2 is 1.88 bits per heavy atom. The third-order valence-corrected chi connectivity index (χ3v) is 7.46. The SMILES string of the molecule is Cc1ccc(C[C@H]2CCC[C@@H]3CN(C4CCN(C(C)C)CC4)C[C@H]23)nc1. The maximum atomic E-state index is 4.70. The highest BCUT2D eigenvalue weighted by Gasteiger charge is 2.42. The van der Waals surface area contributed by atoms with E-state index >= 15 is 0 Å². The Labute approximate surface area is 160 Å². The Morgan fingerprint density at radius 1 is 1.08 bits per heavy atom. The molecule has 4 rings (SSSR count). The predicted octanol–water partition coefficient (Wildman–Crippen LogP) is 4.15. The van der Waals surface area contributed by atoms with Crippen molar-refractivity contribution in [2.24, 2.45) is 17.8 Å². The summed E-state index contributed by atoms with van der Waals surface area (Å²) < 4.78 is 0. The number of rotatable bonds is 4. The first-order chi connectivity index (χ1) is 12.6. The second-order valence-electron chi connectivity index (χ2n) is 9.46. The van der Waals surface area contributed by atoms with E-state index in [9.17, 15) is 0 Å². The van der Waals surface area contributed by atoms with Gasteiger partial charge in [-0.1, -0.05) is 12.5 Å². The van der Waals surface area contributed by atoms with Crippen LogP contribution in [-0.4, -0.2) is 53.0 Å². The molecule has 0 N–H and O–H groups in total. The molecule has 1 saturated carbocycles. The van der Waals surface area contributed by atoms with Gasteiger partial charge in [-0.25, -0.2) is 0 Å². The van der Waals surface area contributed by atoms with Crippen LogP contribution in [0.5, 0.6) is 0 Å². The van der Waals surface area contributed by atoms with Crippen LogP contribution in [0.15, 0.2) is 18.3 Å². The smallest absolute Gasteiger partial charge is 0.0406 e. The van der Waals surface area contributed by atoms with Crippen molar-refractivity contribution in [1.82, 2.24) is 14.8 Å². The van der Waals surface area contributed by atoms with Crippen LogP contribution in [0.3, 0.4) is 0 Å². The summed E-state index contributed by atoms with van der Waals surface area (Å²) in [7, 11) is 0. The maximum Gasteiger partial charge on any atom is 0.0406 e. The average Bonchev–Trinajstić information content (AvgIpc) is 3.09. The third kappa shape index (κ3) is 3.99. The van der Waals surface area contributed by atoms with Gasteiger partial charge in [0.1, 0.15) is 0 Å². The molecule has 3 heteroatoms. The minimum Gasteiger partial charge on any atom is -0.301 e. The van der Waals surface area contributed by atoms with Crippen molar-refractivity contribution in [3.8, 4) is 0 Å². The summed E-state index contributed by atoms with van der Waals surface area (Å²) in [6.07, 6.45) is 10.3. The van der Waals surface area contributed by atoms with Crippen molar-refractivity contribution in [3.63, 3.8) is 0 Å². The van der Waals surface area contributed by atoms with Gasteiger partial charge in [-0.3, -0.25) is 9.88 Å². The summed E-state index contributed by atoms with van der Waals surface area (Å²) in [5, 5.41) is 0. The molecule has 3 fully saturated rings.